The number of nitrogens with zero attached hydrogens (tertiary/aromatic N) is 1. The molecule has 0 saturated carbocycles. The van der Waals surface area contributed by atoms with E-state index >= 15 is 0 Å². The second kappa shape index (κ2) is 8.66. The van der Waals surface area contributed by atoms with E-state index in [2.05, 4.69) is 23.7 Å². The molecule has 19 heavy (non-hydrogen) atoms. The average molecular weight is 283 g/mol. The van der Waals surface area contributed by atoms with Crippen LogP contribution in [0.4, 0.5) is 0 Å². The van der Waals surface area contributed by atoms with Crippen molar-refractivity contribution < 1.29 is 9.94 Å². The number of nitrogens with two attached hydrogens (primary N) is 1. The first kappa shape index (κ1) is 15.7. The standard InChI is InChI=1S/C13H21N3O2S/c1-10(19-2)9-15-7-8-18-12-5-3-11(4-6-12)13(14)16-17/h3-6,10,15,17H,7-9H2,1-2H3,(H2,14,16). The van der Waals surface area contributed by atoms with Gasteiger partial charge in [-0.25, -0.2) is 0 Å². The molecule has 6 heteroatoms. The highest BCUT2D eigenvalue weighted by Crippen LogP contribution is 2.11. The first-order valence-corrected chi connectivity index (χ1v) is 7.40. The molecule has 1 aromatic carbocycles. The maximum Gasteiger partial charge on any atom is 0.170 e. The summed E-state index contributed by atoms with van der Waals surface area (Å²) in [7, 11) is 0. The molecule has 0 aliphatic heterocycles. The minimum atomic E-state index is 0.0965. The summed E-state index contributed by atoms with van der Waals surface area (Å²) in [5, 5.41) is 15.4. The second-order valence-corrected chi connectivity index (χ2v) is 5.38. The molecule has 0 fully saturated rings. The third-order valence-corrected chi connectivity index (χ3v) is 3.61. The zero-order valence-corrected chi connectivity index (χ0v) is 12.1. The minimum Gasteiger partial charge on any atom is -0.492 e. The normalized spacial score (nSPS) is 13.3. The lowest BCUT2D eigenvalue weighted by Gasteiger charge is -2.10. The van der Waals surface area contributed by atoms with Crippen LogP contribution in [0.15, 0.2) is 29.4 Å². The first-order chi connectivity index (χ1) is 9.17. The lowest BCUT2D eigenvalue weighted by Crippen LogP contribution is -2.27. The number of hydrogen-bond acceptors (Lipinski definition) is 5. The highest BCUT2D eigenvalue weighted by molar-refractivity contribution is 7.99. The molecule has 0 bridgehead atoms. The van der Waals surface area contributed by atoms with E-state index in [1.54, 1.807) is 24.3 Å². The molecule has 5 nitrogen and oxygen atoms in total. The largest absolute Gasteiger partial charge is 0.492 e. The van der Waals surface area contributed by atoms with Crippen molar-refractivity contribution in [3.8, 4) is 5.75 Å². The fraction of sp³-hybridized carbons (Fsp3) is 0.462. The van der Waals surface area contributed by atoms with Crippen molar-refractivity contribution in [2.24, 2.45) is 10.9 Å². The summed E-state index contributed by atoms with van der Waals surface area (Å²) in [5.41, 5.74) is 6.14. The van der Waals surface area contributed by atoms with E-state index in [9.17, 15) is 0 Å². The summed E-state index contributed by atoms with van der Waals surface area (Å²) >= 11 is 1.84. The summed E-state index contributed by atoms with van der Waals surface area (Å²) in [6.45, 7) is 4.59. The Labute approximate surface area is 118 Å². The van der Waals surface area contributed by atoms with E-state index in [-0.39, 0.29) is 5.84 Å². The topological polar surface area (TPSA) is 79.9 Å². The molecule has 0 saturated heterocycles. The predicted octanol–water partition coefficient (Wildman–Crippen LogP) is 1.50. The fourth-order valence-electron chi connectivity index (χ4n) is 1.41. The van der Waals surface area contributed by atoms with Crippen LogP contribution in [-0.4, -0.2) is 42.2 Å². The Bertz CT molecular complexity index is 395. The number of hydrogen-bond donors (Lipinski definition) is 3. The Morgan fingerprint density at radius 3 is 2.74 bits per heavy atom. The quantitative estimate of drug-likeness (QED) is 0.221. The van der Waals surface area contributed by atoms with Gasteiger partial charge in [0.05, 0.1) is 0 Å². The monoisotopic (exact) mass is 283 g/mol. The summed E-state index contributed by atoms with van der Waals surface area (Å²) in [6, 6.07) is 7.12. The summed E-state index contributed by atoms with van der Waals surface area (Å²) < 4.78 is 5.58. The SMILES string of the molecule is CSC(C)CNCCOc1ccc(/C(N)=N/O)cc1. The summed E-state index contributed by atoms with van der Waals surface area (Å²) in [5.74, 6) is 0.869. The van der Waals surface area contributed by atoms with Gasteiger partial charge in [-0.1, -0.05) is 12.1 Å². The van der Waals surface area contributed by atoms with Crippen molar-refractivity contribution >= 4 is 17.6 Å². The number of amidine groups is 1. The molecule has 1 atom stereocenters. The number of benzene rings is 1. The minimum absolute atomic E-state index is 0.0965. The Balaban J connectivity index is 2.27. The number of nitrogens with one attached hydrogen (secondary N) is 1. The van der Waals surface area contributed by atoms with Crippen molar-refractivity contribution in [3.63, 3.8) is 0 Å². The summed E-state index contributed by atoms with van der Waals surface area (Å²) in [4.78, 5) is 0. The van der Waals surface area contributed by atoms with Gasteiger partial charge < -0.3 is 21.0 Å². The molecule has 0 radical (unpaired) electrons. The van der Waals surface area contributed by atoms with E-state index in [1.807, 2.05) is 11.8 Å². The zero-order valence-electron chi connectivity index (χ0n) is 11.3. The van der Waals surface area contributed by atoms with Crippen LogP contribution in [0.25, 0.3) is 0 Å². The lowest BCUT2D eigenvalue weighted by molar-refractivity contribution is 0.314. The fourth-order valence-corrected chi connectivity index (χ4v) is 1.69. The Hall–Kier alpha value is -1.40. The number of rotatable bonds is 8. The summed E-state index contributed by atoms with van der Waals surface area (Å²) in [6.07, 6.45) is 2.10. The van der Waals surface area contributed by atoms with Crippen molar-refractivity contribution in [1.29, 1.82) is 0 Å². The molecule has 106 valence electrons. The number of oxime groups is 1. The molecule has 0 amide bonds. The van der Waals surface area contributed by atoms with Gasteiger partial charge in [0, 0.05) is 23.9 Å². The Morgan fingerprint density at radius 1 is 1.47 bits per heavy atom. The second-order valence-electron chi connectivity index (χ2n) is 4.11. The van der Waals surface area contributed by atoms with Crippen LogP contribution in [0.5, 0.6) is 5.75 Å². The molecule has 0 spiro atoms. The third-order valence-electron chi connectivity index (χ3n) is 2.64. The van der Waals surface area contributed by atoms with Gasteiger partial charge in [-0.2, -0.15) is 11.8 Å². The number of ether oxygens (including phenoxy) is 1. The van der Waals surface area contributed by atoms with E-state index < -0.39 is 0 Å². The molecule has 0 aliphatic rings. The third kappa shape index (κ3) is 5.85. The molecule has 1 rings (SSSR count). The van der Waals surface area contributed by atoms with E-state index in [0.29, 0.717) is 17.4 Å². The maximum atomic E-state index is 8.54. The first-order valence-electron chi connectivity index (χ1n) is 6.11. The van der Waals surface area contributed by atoms with Crippen LogP contribution in [0.3, 0.4) is 0 Å². The average Bonchev–Trinajstić information content (AvgIpc) is 2.46. The van der Waals surface area contributed by atoms with E-state index in [1.165, 1.54) is 0 Å². The molecule has 4 N–H and O–H groups in total. The molecule has 1 aromatic rings. The predicted molar refractivity (Wildman–Crippen MR) is 80.3 cm³/mol. The van der Waals surface area contributed by atoms with Gasteiger partial charge in [0.15, 0.2) is 5.84 Å². The zero-order chi connectivity index (χ0) is 14.1. The molecule has 0 heterocycles. The van der Waals surface area contributed by atoms with Crippen molar-refractivity contribution in [1.82, 2.24) is 5.32 Å². The molecular formula is C13H21N3O2S. The highest BCUT2D eigenvalue weighted by atomic mass is 32.2. The van der Waals surface area contributed by atoms with Crippen LogP contribution >= 0.6 is 11.8 Å². The van der Waals surface area contributed by atoms with Gasteiger partial charge in [-0.05, 0) is 30.5 Å². The van der Waals surface area contributed by atoms with Crippen molar-refractivity contribution in [3.05, 3.63) is 29.8 Å². The van der Waals surface area contributed by atoms with Crippen LogP contribution in [0.2, 0.25) is 0 Å². The Morgan fingerprint density at radius 2 is 2.16 bits per heavy atom. The van der Waals surface area contributed by atoms with Crippen LogP contribution < -0.4 is 15.8 Å². The van der Waals surface area contributed by atoms with Gasteiger partial charge in [0.25, 0.3) is 0 Å². The molecular weight excluding hydrogens is 262 g/mol. The van der Waals surface area contributed by atoms with Crippen LogP contribution in [-0.2, 0) is 0 Å². The smallest absolute Gasteiger partial charge is 0.170 e. The molecule has 0 aromatic heterocycles. The van der Waals surface area contributed by atoms with Crippen molar-refractivity contribution in [2.75, 3.05) is 26.0 Å². The van der Waals surface area contributed by atoms with Gasteiger partial charge in [0.1, 0.15) is 12.4 Å². The van der Waals surface area contributed by atoms with Crippen LogP contribution in [0.1, 0.15) is 12.5 Å². The number of thioether (sulfide) groups is 1. The molecule has 0 aliphatic carbocycles. The van der Waals surface area contributed by atoms with Gasteiger partial charge in [0.2, 0.25) is 0 Å². The van der Waals surface area contributed by atoms with Crippen LogP contribution in [0, 0.1) is 0 Å². The van der Waals surface area contributed by atoms with Gasteiger partial charge in [-0.15, -0.1) is 0 Å². The van der Waals surface area contributed by atoms with E-state index in [0.717, 1.165) is 18.8 Å². The van der Waals surface area contributed by atoms with Crippen molar-refractivity contribution in [2.45, 2.75) is 12.2 Å². The van der Waals surface area contributed by atoms with Gasteiger partial charge in [-0.3, -0.25) is 0 Å². The van der Waals surface area contributed by atoms with E-state index in [4.69, 9.17) is 15.7 Å². The highest BCUT2D eigenvalue weighted by Gasteiger charge is 2.00. The maximum absolute atomic E-state index is 8.54. The molecule has 1 unspecified atom stereocenters. The Kier molecular flexibility index (Phi) is 7.14. The lowest BCUT2D eigenvalue weighted by atomic mass is 10.2. The van der Waals surface area contributed by atoms with Gasteiger partial charge >= 0.3 is 0 Å².